The summed E-state index contributed by atoms with van der Waals surface area (Å²) < 4.78 is 5.76. The molecule has 1 heterocycles. The number of carbonyl (C=O) groups excluding carboxylic acids is 1. The molecule has 1 aromatic heterocycles. The number of benzene rings is 2. The molecule has 0 radical (unpaired) electrons. The number of hydrogen-bond acceptors (Lipinski definition) is 5. The summed E-state index contributed by atoms with van der Waals surface area (Å²) in [5.74, 6) is 0.394. The van der Waals surface area contributed by atoms with Crippen LogP contribution in [0.4, 0.5) is 5.69 Å². The molecule has 0 saturated carbocycles. The molecule has 5 nitrogen and oxygen atoms in total. The summed E-state index contributed by atoms with van der Waals surface area (Å²) in [6.07, 6.45) is 3.42. The second-order valence-corrected chi connectivity index (χ2v) is 8.55. The third kappa shape index (κ3) is 3.97. The Hall–Kier alpha value is -2.60. The van der Waals surface area contributed by atoms with Crippen LogP contribution >= 0.6 is 11.8 Å². The maximum atomic E-state index is 12.6. The van der Waals surface area contributed by atoms with Crippen LogP contribution in [-0.2, 0) is 17.6 Å². The molecule has 0 fully saturated rings. The van der Waals surface area contributed by atoms with E-state index < -0.39 is 0 Å². The van der Waals surface area contributed by atoms with Crippen LogP contribution in [0, 0.1) is 13.8 Å². The van der Waals surface area contributed by atoms with E-state index >= 15 is 0 Å². The molecule has 1 atom stereocenters. The first kappa shape index (κ1) is 18.7. The van der Waals surface area contributed by atoms with Gasteiger partial charge in [0.1, 0.15) is 0 Å². The van der Waals surface area contributed by atoms with Gasteiger partial charge in [-0.05, 0) is 86.6 Å². The van der Waals surface area contributed by atoms with Gasteiger partial charge in [0, 0.05) is 11.3 Å². The highest BCUT2D eigenvalue weighted by Crippen LogP contribution is 2.29. The minimum atomic E-state index is -0.346. The van der Waals surface area contributed by atoms with Crippen molar-refractivity contribution in [2.45, 2.75) is 50.5 Å². The minimum absolute atomic E-state index is 0.0751. The Morgan fingerprint density at radius 3 is 2.71 bits per heavy atom. The number of hydrogen-bond donors (Lipinski definition) is 1. The standard InChI is InChI=1S/C22H23N3O2S/c1-13-7-8-18(11-14(13)2)21-24-25-22(27-21)28-15(3)20(26)23-19-10-9-16-5-4-6-17(16)12-19/h7-12,15H,4-6H2,1-3H3,(H,23,26)/t15-/m1/s1. The highest BCUT2D eigenvalue weighted by Gasteiger charge is 2.20. The quantitative estimate of drug-likeness (QED) is 0.621. The van der Waals surface area contributed by atoms with E-state index in [1.165, 1.54) is 40.4 Å². The summed E-state index contributed by atoms with van der Waals surface area (Å²) in [5, 5.41) is 11.3. The van der Waals surface area contributed by atoms with E-state index in [0.717, 1.165) is 24.1 Å². The molecule has 144 valence electrons. The van der Waals surface area contributed by atoms with Crippen LogP contribution in [0.25, 0.3) is 11.5 Å². The van der Waals surface area contributed by atoms with Crippen LogP contribution in [0.1, 0.15) is 35.6 Å². The Morgan fingerprint density at radius 1 is 1.07 bits per heavy atom. The van der Waals surface area contributed by atoms with Crippen molar-refractivity contribution in [1.82, 2.24) is 10.2 Å². The predicted molar refractivity (Wildman–Crippen MR) is 112 cm³/mol. The number of thioether (sulfide) groups is 1. The van der Waals surface area contributed by atoms with E-state index in [0.29, 0.717) is 11.1 Å². The van der Waals surface area contributed by atoms with Crippen LogP contribution in [0.5, 0.6) is 0 Å². The fourth-order valence-electron chi connectivity index (χ4n) is 3.35. The van der Waals surface area contributed by atoms with Crippen LogP contribution in [0.2, 0.25) is 0 Å². The summed E-state index contributed by atoms with van der Waals surface area (Å²) in [5.41, 5.74) is 6.86. The lowest BCUT2D eigenvalue weighted by Crippen LogP contribution is -2.22. The van der Waals surface area contributed by atoms with Gasteiger partial charge in [-0.1, -0.05) is 23.9 Å². The Bertz CT molecular complexity index is 1030. The largest absolute Gasteiger partial charge is 0.411 e. The first-order chi connectivity index (χ1) is 13.5. The van der Waals surface area contributed by atoms with E-state index in [-0.39, 0.29) is 11.2 Å². The summed E-state index contributed by atoms with van der Waals surface area (Å²) in [7, 11) is 0. The summed E-state index contributed by atoms with van der Waals surface area (Å²) >= 11 is 1.27. The second kappa shape index (κ2) is 7.80. The molecule has 1 amide bonds. The summed E-state index contributed by atoms with van der Waals surface area (Å²) in [6, 6.07) is 12.2. The molecule has 2 aromatic carbocycles. The van der Waals surface area contributed by atoms with Gasteiger partial charge in [-0.3, -0.25) is 4.79 Å². The maximum Gasteiger partial charge on any atom is 0.277 e. The lowest BCUT2D eigenvalue weighted by atomic mass is 10.1. The second-order valence-electron chi connectivity index (χ2n) is 7.26. The zero-order valence-electron chi connectivity index (χ0n) is 16.3. The topological polar surface area (TPSA) is 68.0 Å². The number of aromatic nitrogens is 2. The molecular weight excluding hydrogens is 370 g/mol. The first-order valence-corrected chi connectivity index (χ1v) is 10.4. The van der Waals surface area contributed by atoms with Crippen molar-refractivity contribution in [2.24, 2.45) is 0 Å². The normalized spacial score (nSPS) is 14.0. The Morgan fingerprint density at radius 2 is 1.89 bits per heavy atom. The van der Waals surface area contributed by atoms with E-state index in [4.69, 9.17) is 4.42 Å². The van der Waals surface area contributed by atoms with Crippen molar-refractivity contribution in [3.05, 3.63) is 58.7 Å². The van der Waals surface area contributed by atoms with Gasteiger partial charge < -0.3 is 9.73 Å². The van der Waals surface area contributed by atoms with Gasteiger partial charge >= 0.3 is 0 Å². The van der Waals surface area contributed by atoms with Crippen LogP contribution in [-0.4, -0.2) is 21.4 Å². The smallest absolute Gasteiger partial charge is 0.277 e. The number of nitrogens with one attached hydrogen (secondary N) is 1. The number of rotatable bonds is 5. The summed E-state index contributed by atoms with van der Waals surface area (Å²) in [6.45, 7) is 5.96. The van der Waals surface area contributed by atoms with E-state index in [9.17, 15) is 4.79 Å². The number of nitrogens with zero attached hydrogens (tertiary/aromatic N) is 2. The van der Waals surface area contributed by atoms with Gasteiger partial charge in [0.2, 0.25) is 11.8 Å². The molecule has 0 unspecified atom stereocenters. The Labute approximate surface area is 168 Å². The molecule has 1 aliphatic carbocycles. The third-order valence-corrected chi connectivity index (χ3v) is 6.11. The monoisotopic (exact) mass is 393 g/mol. The number of amides is 1. The van der Waals surface area contributed by atoms with Crippen molar-refractivity contribution >= 4 is 23.4 Å². The lowest BCUT2D eigenvalue weighted by molar-refractivity contribution is -0.115. The molecule has 0 spiro atoms. The van der Waals surface area contributed by atoms with Gasteiger partial charge in [-0.2, -0.15) is 0 Å². The first-order valence-electron chi connectivity index (χ1n) is 9.50. The molecule has 3 aromatic rings. The summed E-state index contributed by atoms with van der Waals surface area (Å²) in [4.78, 5) is 12.6. The molecule has 0 bridgehead atoms. The Balaban J connectivity index is 1.40. The minimum Gasteiger partial charge on any atom is -0.411 e. The van der Waals surface area contributed by atoms with E-state index in [1.54, 1.807) is 0 Å². The van der Waals surface area contributed by atoms with Crippen molar-refractivity contribution in [1.29, 1.82) is 0 Å². The molecule has 4 rings (SSSR count). The van der Waals surface area contributed by atoms with Crippen molar-refractivity contribution < 1.29 is 9.21 Å². The van der Waals surface area contributed by atoms with Gasteiger partial charge in [-0.25, -0.2) is 0 Å². The maximum absolute atomic E-state index is 12.6. The van der Waals surface area contributed by atoms with Crippen LogP contribution in [0.3, 0.4) is 0 Å². The number of aryl methyl sites for hydroxylation is 4. The average Bonchev–Trinajstić information content (AvgIpc) is 3.33. The van der Waals surface area contributed by atoms with Crippen LogP contribution < -0.4 is 5.32 Å². The average molecular weight is 394 g/mol. The highest BCUT2D eigenvalue weighted by molar-refractivity contribution is 8.00. The lowest BCUT2D eigenvalue weighted by Gasteiger charge is -2.11. The third-order valence-electron chi connectivity index (χ3n) is 5.17. The molecule has 28 heavy (non-hydrogen) atoms. The molecule has 1 N–H and O–H groups in total. The molecule has 6 heteroatoms. The Kier molecular flexibility index (Phi) is 5.22. The fourth-order valence-corrected chi connectivity index (χ4v) is 4.03. The highest BCUT2D eigenvalue weighted by atomic mass is 32.2. The zero-order chi connectivity index (χ0) is 19.7. The zero-order valence-corrected chi connectivity index (χ0v) is 17.1. The van der Waals surface area contributed by atoms with E-state index in [2.05, 4.69) is 41.5 Å². The van der Waals surface area contributed by atoms with Gasteiger partial charge in [0.05, 0.1) is 5.25 Å². The molecular formula is C22H23N3O2S. The van der Waals surface area contributed by atoms with Gasteiger partial charge in [-0.15, -0.1) is 10.2 Å². The fraction of sp³-hybridized carbons (Fsp3) is 0.318. The predicted octanol–water partition coefficient (Wildman–Crippen LogP) is 4.96. The number of carbonyl (C=O) groups is 1. The van der Waals surface area contributed by atoms with E-state index in [1.807, 2.05) is 31.2 Å². The molecule has 0 aliphatic heterocycles. The SMILES string of the molecule is Cc1ccc(-c2nnc(S[C@H](C)C(=O)Nc3ccc4c(c3)CCC4)o2)cc1C. The molecule has 1 aliphatic rings. The van der Waals surface area contributed by atoms with Crippen molar-refractivity contribution in [3.63, 3.8) is 0 Å². The van der Waals surface area contributed by atoms with Crippen LogP contribution in [0.15, 0.2) is 46.0 Å². The number of anilines is 1. The molecule has 0 saturated heterocycles. The number of fused-ring (bicyclic) bond motifs is 1. The van der Waals surface area contributed by atoms with Gasteiger partial charge in [0.15, 0.2) is 0 Å². The van der Waals surface area contributed by atoms with Gasteiger partial charge in [0.25, 0.3) is 5.22 Å². The van der Waals surface area contributed by atoms with Crippen molar-refractivity contribution in [2.75, 3.05) is 5.32 Å². The van der Waals surface area contributed by atoms with Crippen molar-refractivity contribution in [3.8, 4) is 11.5 Å².